The maximum atomic E-state index is 13.6. The molecule has 0 spiro atoms. The maximum Gasteiger partial charge on any atom is 0.278 e. The van der Waals surface area contributed by atoms with Gasteiger partial charge in [-0.05, 0) is 6.07 Å². The zero-order chi connectivity index (χ0) is 15.7. The van der Waals surface area contributed by atoms with E-state index in [9.17, 15) is 18.9 Å². The number of halogens is 2. The van der Waals surface area contributed by atoms with Crippen molar-refractivity contribution >= 4 is 5.69 Å². The second kappa shape index (κ2) is 6.01. The van der Waals surface area contributed by atoms with Crippen molar-refractivity contribution in [1.29, 1.82) is 0 Å². The first kappa shape index (κ1) is 14.9. The molecule has 0 unspecified atom stereocenters. The summed E-state index contributed by atoms with van der Waals surface area (Å²) in [5.41, 5.74) is -0.403. The Hall–Kier alpha value is -2.00. The Kier molecular flexibility index (Phi) is 4.08. The van der Waals surface area contributed by atoms with Crippen molar-refractivity contribution in [1.82, 2.24) is 10.2 Å². The van der Waals surface area contributed by atoms with Gasteiger partial charge >= 0.3 is 0 Å². The predicted octanol–water partition coefficient (Wildman–Crippen LogP) is 1.53. The van der Waals surface area contributed by atoms with Crippen LogP contribution >= 0.6 is 0 Å². The molecule has 1 fully saturated rings. The number of piperazine rings is 1. The molecule has 1 N–H and O–H groups in total. The third kappa shape index (κ3) is 2.69. The predicted molar refractivity (Wildman–Crippen MR) is 72.4 cm³/mol. The molecule has 1 atom stereocenters. The number of hydrogen-bond donors (Lipinski definition) is 1. The lowest BCUT2D eigenvalue weighted by molar-refractivity contribution is -0.386. The van der Waals surface area contributed by atoms with Crippen LogP contribution in [0.3, 0.4) is 0 Å². The Labute approximate surface area is 124 Å². The Morgan fingerprint density at radius 2 is 1.86 bits per heavy atom. The number of fused-ring (bicyclic) bond motifs is 1. The molecule has 0 bridgehead atoms. The van der Waals surface area contributed by atoms with Crippen molar-refractivity contribution in [2.75, 3.05) is 33.0 Å². The third-order valence-electron chi connectivity index (χ3n) is 3.82. The Bertz CT molecular complexity index is 579. The van der Waals surface area contributed by atoms with Crippen molar-refractivity contribution in [2.45, 2.75) is 12.5 Å². The largest absolute Gasteiger partial charge is 0.454 e. The molecule has 3 rings (SSSR count). The third-order valence-corrected chi connectivity index (χ3v) is 3.82. The van der Waals surface area contributed by atoms with Gasteiger partial charge in [0.2, 0.25) is 6.79 Å². The van der Waals surface area contributed by atoms with Gasteiger partial charge in [-0.2, -0.15) is 0 Å². The minimum Gasteiger partial charge on any atom is -0.454 e. The van der Waals surface area contributed by atoms with E-state index in [0.29, 0.717) is 26.2 Å². The molecule has 1 saturated heterocycles. The summed E-state index contributed by atoms with van der Waals surface area (Å²) in [6, 6.07) is 1.13. The Morgan fingerprint density at radius 3 is 2.45 bits per heavy atom. The van der Waals surface area contributed by atoms with Crippen molar-refractivity contribution in [3.8, 4) is 11.5 Å². The lowest BCUT2D eigenvalue weighted by Gasteiger charge is -2.34. The lowest BCUT2D eigenvalue weighted by Crippen LogP contribution is -2.47. The number of rotatable bonds is 4. The molecule has 0 radical (unpaired) electrons. The van der Waals surface area contributed by atoms with Crippen LogP contribution in [0.25, 0.3) is 0 Å². The highest BCUT2D eigenvalue weighted by Crippen LogP contribution is 2.43. The summed E-state index contributed by atoms with van der Waals surface area (Å²) in [6.45, 7) is 1.88. The summed E-state index contributed by atoms with van der Waals surface area (Å²) in [7, 11) is 0. The van der Waals surface area contributed by atoms with Gasteiger partial charge in [-0.1, -0.05) is 0 Å². The molecule has 2 aliphatic rings. The van der Waals surface area contributed by atoms with Gasteiger partial charge in [-0.25, -0.2) is 8.78 Å². The molecule has 0 aliphatic carbocycles. The van der Waals surface area contributed by atoms with Crippen molar-refractivity contribution in [2.24, 2.45) is 0 Å². The second-order valence-corrected chi connectivity index (χ2v) is 5.09. The van der Waals surface area contributed by atoms with Crippen molar-refractivity contribution in [3.05, 3.63) is 27.8 Å². The molecule has 2 heterocycles. The van der Waals surface area contributed by atoms with Crippen LogP contribution in [0.4, 0.5) is 14.5 Å². The van der Waals surface area contributed by atoms with Crippen LogP contribution in [0.2, 0.25) is 0 Å². The van der Waals surface area contributed by atoms with Crippen LogP contribution in [0.15, 0.2) is 12.1 Å². The molecular weight excluding hydrogens is 300 g/mol. The summed E-state index contributed by atoms with van der Waals surface area (Å²) < 4.78 is 37.5. The fraction of sp³-hybridized carbons (Fsp3) is 0.538. The van der Waals surface area contributed by atoms with E-state index in [-0.39, 0.29) is 29.5 Å². The number of nitrogens with zero attached hydrogens (tertiary/aromatic N) is 2. The van der Waals surface area contributed by atoms with Crippen LogP contribution in [-0.4, -0.2) is 49.2 Å². The van der Waals surface area contributed by atoms with E-state index >= 15 is 0 Å². The van der Waals surface area contributed by atoms with Gasteiger partial charge in [-0.3, -0.25) is 15.0 Å². The summed E-state index contributed by atoms with van der Waals surface area (Å²) in [4.78, 5) is 12.2. The van der Waals surface area contributed by atoms with E-state index in [1.54, 1.807) is 4.90 Å². The number of nitro groups is 1. The zero-order valence-corrected chi connectivity index (χ0v) is 11.6. The molecule has 9 heteroatoms. The average molecular weight is 315 g/mol. The van der Waals surface area contributed by atoms with Gasteiger partial charge in [0.1, 0.15) is 6.04 Å². The molecule has 0 saturated carbocycles. The Morgan fingerprint density at radius 1 is 1.23 bits per heavy atom. The van der Waals surface area contributed by atoms with Crippen LogP contribution in [-0.2, 0) is 0 Å². The van der Waals surface area contributed by atoms with Gasteiger partial charge in [0.25, 0.3) is 12.1 Å². The van der Waals surface area contributed by atoms with Gasteiger partial charge in [-0.15, -0.1) is 0 Å². The molecule has 120 valence electrons. The highest BCUT2D eigenvalue weighted by atomic mass is 19.3. The summed E-state index contributed by atoms with van der Waals surface area (Å²) in [6.07, 6.45) is -2.74. The molecule has 0 amide bonds. The van der Waals surface area contributed by atoms with Crippen molar-refractivity contribution < 1.29 is 23.2 Å². The molecule has 7 nitrogen and oxygen atoms in total. The van der Waals surface area contributed by atoms with E-state index in [4.69, 9.17) is 9.47 Å². The minimum atomic E-state index is -2.74. The van der Waals surface area contributed by atoms with E-state index in [2.05, 4.69) is 5.32 Å². The summed E-state index contributed by atoms with van der Waals surface area (Å²) in [5.74, 6) is 0.477. The van der Waals surface area contributed by atoms with Crippen LogP contribution in [0.1, 0.15) is 11.6 Å². The van der Waals surface area contributed by atoms with Gasteiger partial charge in [0.15, 0.2) is 11.5 Å². The number of benzene rings is 1. The van der Waals surface area contributed by atoms with Crippen molar-refractivity contribution in [3.63, 3.8) is 0 Å². The van der Waals surface area contributed by atoms with E-state index in [1.165, 1.54) is 6.07 Å². The fourth-order valence-electron chi connectivity index (χ4n) is 2.79. The topological polar surface area (TPSA) is 76.9 Å². The van der Waals surface area contributed by atoms with E-state index in [0.717, 1.165) is 6.07 Å². The molecular formula is C13H15F2N3O4. The van der Waals surface area contributed by atoms with Crippen LogP contribution in [0.5, 0.6) is 11.5 Å². The number of ether oxygens (including phenoxy) is 2. The highest BCUT2D eigenvalue weighted by Gasteiger charge is 2.37. The molecule has 2 aliphatic heterocycles. The zero-order valence-electron chi connectivity index (χ0n) is 11.6. The number of nitro benzene ring substituents is 1. The van der Waals surface area contributed by atoms with E-state index in [1.807, 2.05) is 0 Å². The molecule has 0 aromatic heterocycles. The van der Waals surface area contributed by atoms with Crippen LogP contribution < -0.4 is 14.8 Å². The van der Waals surface area contributed by atoms with Crippen LogP contribution in [0, 0.1) is 10.1 Å². The quantitative estimate of drug-likeness (QED) is 0.671. The number of alkyl halides is 2. The van der Waals surface area contributed by atoms with Gasteiger partial charge in [0, 0.05) is 26.2 Å². The lowest BCUT2D eigenvalue weighted by atomic mass is 10.0. The molecule has 1 aromatic rings. The first-order valence-corrected chi connectivity index (χ1v) is 6.89. The van der Waals surface area contributed by atoms with Gasteiger partial charge in [0.05, 0.1) is 16.6 Å². The number of nitrogens with one attached hydrogen (secondary N) is 1. The smallest absolute Gasteiger partial charge is 0.278 e. The minimum absolute atomic E-state index is 0.0360. The normalized spacial score (nSPS) is 19.4. The summed E-state index contributed by atoms with van der Waals surface area (Å²) in [5, 5.41) is 14.3. The molecule has 22 heavy (non-hydrogen) atoms. The summed E-state index contributed by atoms with van der Waals surface area (Å²) >= 11 is 0. The first-order chi connectivity index (χ1) is 10.6. The fourth-order valence-corrected chi connectivity index (χ4v) is 2.79. The SMILES string of the molecule is O=[N+]([O-])c1cc2c(cc1[C@H](C(F)F)N1CCNCC1)OCO2. The average Bonchev–Trinajstić information content (AvgIpc) is 2.94. The Balaban J connectivity index is 2.04. The molecule has 1 aromatic carbocycles. The second-order valence-electron chi connectivity index (χ2n) is 5.09. The van der Waals surface area contributed by atoms with E-state index < -0.39 is 17.4 Å². The standard InChI is InChI=1S/C13H15F2N3O4/c14-13(15)12(17-3-1-16-2-4-17)8-5-10-11(22-7-21-10)6-9(8)18(19)20/h5-6,12-13,16H,1-4,7H2/t12-/m1/s1. The maximum absolute atomic E-state index is 13.6. The van der Waals surface area contributed by atoms with Gasteiger partial charge < -0.3 is 14.8 Å². The monoisotopic (exact) mass is 315 g/mol. The first-order valence-electron chi connectivity index (χ1n) is 6.89. The highest BCUT2D eigenvalue weighted by molar-refractivity contribution is 5.56. The number of hydrogen-bond acceptors (Lipinski definition) is 6.